The van der Waals surface area contributed by atoms with Crippen LogP contribution in [0.5, 0.6) is 0 Å². The molecule has 196 valence electrons. The third kappa shape index (κ3) is 6.89. The molecule has 3 aromatic carbocycles. The summed E-state index contributed by atoms with van der Waals surface area (Å²) in [7, 11) is 0. The van der Waals surface area contributed by atoms with Gasteiger partial charge in [0.25, 0.3) is 0 Å². The van der Waals surface area contributed by atoms with Crippen LogP contribution in [-0.4, -0.2) is 11.0 Å². The number of hydrogen-bond acceptors (Lipinski definition) is 4. The maximum absolute atomic E-state index is 13.7. The van der Waals surface area contributed by atoms with Gasteiger partial charge in [0, 0.05) is 29.2 Å². The zero-order valence-corrected chi connectivity index (χ0v) is 23.0. The number of rotatable bonds is 9. The lowest BCUT2D eigenvalue weighted by Crippen LogP contribution is -2.42. The number of aromatic nitrogens is 1. The lowest BCUT2D eigenvalue weighted by Gasteiger charge is -2.36. The molecule has 4 rings (SSSR count). The minimum Gasteiger partial charge on any atom is -0.305 e. The van der Waals surface area contributed by atoms with E-state index in [1.54, 1.807) is 12.1 Å². The van der Waals surface area contributed by atoms with Gasteiger partial charge in [0.05, 0.1) is 29.2 Å². The van der Waals surface area contributed by atoms with E-state index in [0.717, 1.165) is 34.2 Å². The molecule has 0 aliphatic rings. The molecule has 0 bridgehead atoms. The van der Waals surface area contributed by atoms with Gasteiger partial charge in [-0.25, -0.2) is 4.98 Å². The van der Waals surface area contributed by atoms with Crippen molar-refractivity contribution in [1.29, 1.82) is 10.5 Å². The second-order valence-corrected chi connectivity index (χ2v) is 10.8. The van der Waals surface area contributed by atoms with Crippen LogP contribution in [0.2, 0.25) is 5.02 Å². The van der Waals surface area contributed by atoms with Gasteiger partial charge in [0.1, 0.15) is 0 Å². The highest BCUT2D eigenvalue weighted by atomic mass is 35.5. The van der Waals surface area contributed by atoms with Crippen LogP contribution in [0.25, 0.3) is 11.1 Å². The van der Waals surface area contributed by atoms with Crippen molar-refractivity contribution in [2.24, 2.45) is 5.41 Å². The summed E-state index contributed by atoms with van der Waals surface area (Å²) >= 11 is 6.13. The predicted octanol–water partition coefficient (Wildman–Crippen LogP) is 8.01. The van der Waals surface area contributed by atoms with Gasteiger partial charge in [-0.15, -0.1) is 0 Å². The molecule has 0 saturated carbocycles. The first-order chi connectivity index (χ1) is 18.7. The van der Waals surface area contributed by atoms with Crippen molar-refractivity contribution in [1.82, 2.24) is 10.3 Å². The van der Waals surface area contributed by atoms with E-state index < -0.39 is 11.4 Å². The number of pyridine rings is 1. The van der Waals surface area contributed by atoms with Crippen LogP contribution in [-0.2, 0) is 6.42 Å². The maximum Gasteiger partial charge on any atom is 0.213 e. The molecule has 3 unspecified atom stereocenters. The minimum absolute atomic E-state index is 0.0236. The summed E-state index contributed by atoms with van der Waals surface area (Å²) in [4.78, 5) is 3.64. The Labute approximate surface area is 234 Å². The van der Waals surface area contributed by atoms with Gasteiger partial charge in [0.15, 0.2) is 0 Å². The average molecular weight is 537 g/mol. The molecule has 6 heteroatoms. The molecule has 0 radical (unpaired) electrons. The Bertz CT molecular complexity index is 1500. The lowest BCUT2D eigenvalue weighted by atomic mass is 9.79. The molecule has 39 heavy (non-hydrogen) atoms. The fourth-order valence-electron chi connectivity index (χ4n) is 4.91. The van der Waals surface area contributed by atoms with Gasteiger partial charge in [-0.3, -0.25) is 0 Å². The smallest absolute Gasteiger partial charge is 0.213 e. The lowest BCUT2D eigenvalue weighted by molar-refractivity contribution is 0.281. The first-order valence-electron chi connectivity index (χ1n) is 12.8. The van der Waals surface area contributed by atoms with Crippen molar-refractivity contribution in [3.63, 3.8) is 0 Å². The fourth-order valence-corrected chi connectivity index (χ4v) is 5.04. The Kier molecular flexibility index (Phi) is 8.77. The number of nitriles is 2. The number of benzene rings is 3. The number of halogens is 2. The highest BCUT2D eigenvalue weighted by Gasteiger charge is 2.34. The van der Waals surface area contributed by atoms with Crippen molar-refractivity contribution in [3.05, 3.63) is 124 Å². The van der Waals surface area contributed by atoms with E-state index in [4.69, 9.17) is 11.6 Å². The van der Waals surface area contributed by atoms with Gasteiger partial charge >= 0.3 is 0 Å². The summed E-state index contributed by atoms with van der Waals surface area (Å²) < 4.78 is 13.7. The third-order valence-corrected chi connectivity index (χ3v) is 7.41. The van der Waals surface area contributed by atoms with Gasteiger partial charge in [0.2, 0.25) is 5.95 Å². The maximum atomic E-state index is 13.7. The molecule has 0 fully saturated rings. The van der Waals surface area contributed by atoms with Crippen LogP contribution < -0.4 is 5.32 Å². The van der Waals surface area contributed by atoms with E-state index in [1.807, 2.05) is 80.6 Å². The molecule has 0 saturated heterocycles. The number of nitrogens with zero attached hydrogens (tertiary/aromatic N) is 3. The second kappa shape index (κ2) is 12.2. The van der Waals surface area contributed by atoms with E-state index in [9.17, 15) is 14.9 Å². The largest absolute Gasteiger partial charge is 0.305 e. The summed E-state index contributed by atoms with van der Waals surface area (Å²) in [5, 5.41) is 24.1. The molecule has 0 spiro atoms. The Morgan fingerprint density at radius 1 is 0.923 bits per heavy atom. The summed E-state index contributed by atoms with van der Waals surface area (Å²) in [6.07, 6.45) is 2.18. The molecule has 0 aliphatic carbocycles. The molecular weight excluding hydrogens is 507 g/mol. The molecule has 1 aromatic heterocycles. The normalized spacial score (nSPS) is 13.6. The Balaban J connectivity index is 1.67. The van der Waals surface area contributed by atoms with Crippen molar-refractivity contribution in [2.45, 2.75) is 45.2 Å². The van der Waals surface area contributed by atoms with E-state index in [2.05, 4.69) is 29.4 Å². The van der Waals surface area contributed by atoms with E-state index in [0.29, 0.717) is 10.6 Å². The molecular formula is C33H30ClFN4. The quantitative estimate of drug-likeness (QED) is 0.220. The van der Waals surface area contributed by atoms with Crippen LogP contribution in [0.15, 0.2) is 91.1 Å². The molecule has 0 amide bonds. The Hall–Kier alpha value is -4.03. The molecule has 1 N–H and O–H groups in total. The third-order valence-electron chi connectivity index (χ3n) is 7.16. The first-order valence-corrected chi connectivity index (χ1v) is 13.2. The predicted molar refractivity (Wildman–Crippen MR) is 153 cm³/mol. The molecule has 4 aromatic rings. The SMILES string of the molecule is CC(NC(c1ccc(-c2ccnc(F)c2)cc1)C(C)(C)C#N)C(Cc1ccc(Cl)cc1)c1cccc(C#N)c1. The zero-order valence-electron chi connectivity index (χ0n) is 22.2. The van der Waals surface area contributed by atoms with Crippen LogP contribution in [0.1, 0.15) is 55.0 Å². The van der Waals surface area contributed by atoms with Crippen LogP contribution in [0.4, 0.5) is 4.39 Å². The summed E-state index contributed by atoms with van der Waals surface area (Å²) in [5.41, 5.74) is 4.64. The standard InChI is InChI=1S/C33H30ClFN4/c1-22(30(18-23-7-13-29(34)14-8-23)28-6-4-5-24(17-28)20-36)39-32(33(2,3)21-37)26-11-9-25(10-12-26)27-15-16-38-31(35)19-27/h4-17,19,22,30,32,39H,18H2,1-3H3. The van der Waals surface area contributed by atoms with Crippen molar-refractivity contribution in [2.75, 3.05) is 0 Å². The van der Waals surface area contributed by atoms with Crippen molar-refractivity contribution >= 4 is 11.6 Å². The average Bonchev–Trinajstić information content (AvgIpc) is 2.95. The van der Waals surface area contributed by atoms with Crippen molar-refractivity contribution < 1.29 is 4.39 Å². The van der Waals surface area contributed by atoms with E-state index in [-0.39, 0.29) is 18.0 Å². The van der Waals surface area contributed by atoms with Crippen LogP contribution in [0, 0.1) is 34.0 Å². The molecule has 4 nitrogen and oxygen atoms in total. The molecule has 0 aliphatic heterocycles. The Morgan fingerprint density at radius 2 is 1.64 bits per heavy atom. The highest BCUT2D eigenvalue weighted by molar-refractivity contribution is 6.30. The summed E-state index contributed by atoms with van der Waals surface area (Å²) in [6, 6.07) is 30.9. The topological polar surface area (TPSA) is 72.5 Å². The van der Waals surface area contributed by atoms with E-state index >= 15 is 0 Å². The zero-order chi connectivity index (χ0) is 28.0. The fraction of sp³-hybridized carbons (Fsp3) is 0.242. The molecule has 1 heterocycles. The second-order valence-electron chi connectivity index (χ2n) is 10.4. The number of hydrogen-bond donors (Lipinski definition) is 1. The monoisotopic (exact) mass is 536 g/mol. The Morgan fingerprint density at radius 3 is 2.28 bits per heavy atom. The van der Waals surface area contributed by atoms with E-state index in [1.165, 1.54) is 12.3 Å². The van der Waals surface area contributed by atoms with Crippen molar-refractivity contribution in [3.8, 4) is 23.3 Å². The number of nitrogens with one attached hydrogen (secondary N) is 1. The van der Waals surface area contributed by atoms with Gasteiger partial charge < -0.3 is 5.32 Å². The van der Waals surface area contributed by atoms with Crippen LogP contribution >= 0.6 is 11.6 Å². The molecule has 3 atom stereocenters. The van der Waals surface area contributed by atoms with Gasteiger partial charge in [-0.1, -0.05) is 60.1 Å². The highest BCUT2D eigenvalue weighted by Crippen LogP contribution is 2.36. The van der Waals surface area contributed by atoms with Gasteiger partial charge in [-0.05, 0) is 85.3 Å². The first kappa shape index (κ1) is 28.0. The minimum atomic E-state index is -0.724. The van der Waals surface area contributed by atoms with Crippen LogP contribution in [0.3, 0.4) is 0 Å². The van der Waals surface area contributed by atoms with Gasteiger partial charge in [-0.2, -0.15) is 14.9 Å². The summed E-state index contributed by atoms with van der Waals surface area (Å²) in [6.45, 7) is 5.97. The summed E-state index contributed by atoms with van der Waals surface area (Å²) in [5.74, 6) is -0.502.